The van der Waals surface area contributed by atoms with Crippen molar-refractivity contribution in [2.24, 2.45) is 0 Å². The van der Waals surface area contributed by atoms with Gasteiger partial charge >= 0.3 is 0 Å². The summed E-state index contributed by atoms with van der Waals surface area (Å²) in [5.74, 6) is 0.732. The molecule has 6 heteroatoms. The van der Waals surface area contributed by atoms with Crippen LogP contribution in [0.15, 0.2) is 30.7 Å². The molecule has 2 rings (SSSR count). The molecule has 2 aromatic rings. The van der Waals surface area contributed by atoms with E-state index >= 15 is 0 Å². The zero-order valence-electron chi connectivity index (χ0n) is 8.45. The summed E-state index contributed by atoms with van der Waals surface area (Å²) in [6.45, 7) is 0.509. The van der Waals surface area contributed by atoms with E-state index in [0.717, 1.165) is 5.82 Å². The Balaban J connectivity index is 2.35. The van der Waals surface area contributed by atoms with Crippen molar-refractivity contribution in [3.05, 3.63) is 35.5 Å². The third-order valence-electron chi connectivity index (χ3n) is 2.06. The topological polar surface area (TPSA) is 59.4 Å². The van der Waals surface area contributed by atoms with Gasteiger partial charge in [0.25, 0.3) is 0 Å². The normalized spacial score (nSPS) is 9.94. The summed E-state index contributed by atoms with van der Waals surface area (Å²) >= 11 is 5.23. The minimum Gasteiger partial charge on any atom is -0.258 e. The van der Waals surface area contributed by atoms with Crippen LogP contribution >= 0.6 is 12.2 Å². The van der Waals surface area contributed by atoms with Gasteiger partial charge in [0.15, 0.2) is 0 Å². The maximum atomic E-state index is 8.50. The van der Waals surface area contributed by atoms with Gasteiger partial charge in [-0.1, -0.05) is 6.07 Å². The fourth-order valence-electron chi connectivity index (χ4n) is 1.30. The maximum Gasteiger partial charge on any atom is 0.203 e. The summed E-state index contributed by atoms with van der Waals surface area (Å²) in [5, 5.41) is 12.6. The molecule has 0 aliphatic carbocycles. The van der Waals surface area contributed by atoms with Crippen LogP contribution < -0.4 is 0 Å². The predicted octanol–water partition coefficient (Wildman–Crippen LogP) is 1.71. The van der Waals surface area contributed by atoms with Gasteiger partial charge in [-0.05, 0) is 24.4 Å². The monoisotopic (exact) mass is 231 g/mol. The lowest BCUT2D eigenvalue weighted by Gasteiger charge is -1.99. The van der Waals surface area contributed by atoms with Crippen molar-refractivity contribution in [2.45, 2.75) is 13.0 Å². The molecular formula is C10H9N5S. The lowest BCUT2D eigenvalue weighted by atomic mass is 10.4. The quantitative estimate of drug-likeness (QED) is 0.754. The number of nitrogens with zero attached hydrogens (tertiary/aromatic N) is 5. The van der Waals surface area contributed by atoms with Gasteiger partial charge in [0.05, 0.1) is 19.0 Å². The predicted molar refractivity (Wildman–Crippen MR) is 60.4 cm³/mol. The van der Waals surface area contributed by atoms with E-state index in [4.69, 9.17) is 17.5 Å². The smallest absolute Gasteiger partial charge is 0.203 e. The molecule has 0 saturated carbocycles. The van der Waals surface area contributed by atoms with E-state index in [2.05, 4.69) is 16.2 Å². The highest BCUT2D eigenvalue weighted by Gasteiger charge is 2.03. The first-order valence-corrected chi connectivity index (χ1v) is 5.16. The van der Waals surface area contributed by atoms with E-state index in [1.807, 2.05) is 18.2 Å². The van der Waals surface area contributed by atoms with Crippen LogP contribution in [0.3, 0.4) is 0 Å². The molecule has 0 aromatic carbocycles. The second-order valence-electron chi connectivity index (χ2n) is 3.10. The van der Waals surface area contributed by atoms with Crippen LogP contribution in [0.25, 0.3) is 5.82 Å². The number of aromatic nitrogens is 4. The lowest BCUT2D eigenvalue weighted by molar-refractivity contribution is 0.614. The molecular weight excluding hydrogens is 222 g/mol. The molecule has 0 radical (unpaired) electrons. The van der Waals surface area contributed by atoms with E-state index in [1.54, 1.807) is 21.8 Å². The molecule has 0 atom stereocenters. The van der Waals surface area contributed by atoms with Crippen molar-refractivity contribution in [1.82, 2.24) is 19.3 Å². The Kier molecular flexibility index (Phi) is 3.08. The molecule has 0 amide bonds. The van der Waals surface area contributed by atoms with E-state index in [-0.39, 0.29) is 0 Å². The Morgan fingerprint density at radius 3 is 3.00 bits per heavy atom. The number of nitriles is 1. The fraction of sp³-hybridized carbons (Fsp3) is 0.200. The Hall–Kier alpha value is -2.00. The van der Waals surface area contributed by atoms with E-state index < -0.39 is 0 Å². The maximum absolute atomic E-state index is 8.50. The summed E-state index contributed by atoms with van der Waals surface area (Å²) in [6.07, 6.45) is 3.71. The molecule has 0 fully saturated rings. The largest absolute Gasteiger partial charge is 0.258 e. The Labute approximate surface area is 97.6 Å². The van der Waals surface area contributed by atoms with E-state index in [0.29, 0.717) is 17.7 Å². The van der Waals surface area contributed by atoms with Gasteiger partial charge in [0.2, 0.25) is 4.77 Å². The van der Waals surface area contributed by atoms with Crippen molar-refractivity contribution in [3.63, 3.8) is 0 Å². The molecule has 0 aliphatic heterocycles. The van der Waals surface area contributed by atoms with Crippen LogP contribution in [0.2, 0.25) is 0 Å². The second kappa shape index (κ2) is 4.68. The van der Waals surface area contributed by atoms with E-state index in [9.17, 15) is 0 Å². The highest BCUT2D eigenvalue weighted by Crippen LogP contribution is 2.04. The lowest BCUT2D eigenvalue weighted by Crippen LogP contribution is -2.01. The Morgan fingerprint density at radius 2 is 2.31 bits per heavy atom. The van der Waals surface area contributed by atoms with Gasteiger partial charge in [0, 0.05) is 6.20 Å². The Bertz CT molecular complexity index is 563. The second-order valence-corrected chi connectivity index (χ2v) is 3.47. The van der Waals surface area contributed by atoms with Crippen molar-refractivity contribution in [1.29, 1.82) is 5.26 Å². The molecule has 0 aliphatic rings. The molecule has 0 bridgehead atoms. The first-order chi connectivity index (χ1) is 7.83. The SMILES string of the molecule is N#CCCn1ncn(-c2ccccn2)c1=S. The molecule has 0 N–H and O–H groups in total. The van der Waals surface area contributed by atoms with Crippen molar-refractivity contribution >= 4 is 12.2 Å². The van der Waals surface area contributed by atoms with Crippen LogP contribution in [-0.4, -0.2) is 19.3 Å². The summed E-state index contributed by atoms with van der Waals surface area (Å²) in [6, 6.07) is 7.64. The highest BCUT2D eigenvalue weighted by atomic mass is 32.1. The molecule has 2 heterocycles. The van der Waals surface area contributed by atoms with Crippen LogP contribution in [0.5, 0.6) is 0 Å². The van der Waals surface area contributed by atoms with Gasteiger partial charge in [-0.25, -0.2) is 9.67 Å². The first-order valence-electron chi connectivity index (χ1n) is 4.76. The molecule has 5 nitrogen and oxygen atoms in total. The van der Waals surface area contributed by atoms with Gasteiger partial charge in [-0.2, -0.15) is 10.4 Å². The summed E-state index contributed by atoms with van der Waals surface area (Å²) in [5.41, 5.74) is 0. The Morgan fingerprint density at radius 1 is 1.44 bits per heavy atom. The van der Waals surface area contributed by atoms with Crippen LogP contribution in [0.1, 0.15) is 6.42 Å². The third kappa shape index (κ3) is 1.99. The van der Waals surface area contributed by atoms with Gasteiger partial charge in [-0.15, -0.1) is 0 Å². The molecule has 16 heavy (non-hydrogen) atoms. The minimum atomic E-state index is 0.396. The zero-order chi connectivity index (χ0) is 11.4. The van der Waals surface area contributed by atoms with Gasteiger partial charge in [-0.3, -0.25) is 4.57 Å². The molecule has 0 spiro atoms. The minimum absolute atomic E-state index is 0.396. The fourth-order valence-corrected chi connectivity index (χ4v) is 1.58. The molecule has 2 aromatic heterocycles. The number of hydrogen-bond acceptors (Lipinski definition) is 4. The molecule has 0 unspecified atom stereocenters. The van der Waals surface area contributed by atoms with Crippen molar-refractivity contribution in [2.75, 3.05) is 0 Å². The average Bonchev–Trinajstić information content (AvgIpc) is 2.69. The van der Waals surface area contributed by atoms with Crippen LogP contribution in [0, 0.1) is 16.1 Å². The van der Waals surface area contributed by atoms with Crippen molar-refractivity contribution in [3.8, 4) is 11.9 Å². The van der Waals surface area contributed by atoms with Gasteiger partial charge in [0.1, 0.15) is 12.1 Å². The van der Waals surface area contributed by atoms with E-state index in [1.165, 1.54) is 0 Å². The van der Waals surface area contributed by atoms with Crippen LogP contribution in [-0.2, 0) is 6.54 Å². The van der Waals surface area contributed by atoms with Crippen molar-refractivity contribution < 1.29 is 0 Å². The average molecular weight is 231 g/mol. The standard InChI is InChI=1S/C10H9N5S/c11-5-3-7-15-10(16)14(8-13-15)9-4-1-2-6-12-9/h1-2,4,6,8H,3,7H2. The first kappa shape index (κ1) is 10.5. The van der Waals surface area contributed by atoms with Crippen LogP contribution in [0.4, 0.5) is 0 Å². The zero-order valence-corrected chi connectivity index (χ0v) is 9.26. The van der Waals surface area contributed by atoms with Gasteiger partial charge < -0.3 is 0 Å². The molecule has 0 saturated heterocycles. The highest BCUT2D eigenvalue weighted by molar-refractivity contribution is 7.71. The number of hydrogen-bond donors (Lipinski definition) is 0. The molecule has 80 valence electrons. The summed E-state index contributed by atoms with van der Waals surface area (Å²) in [4.78, 5) is 4.18. The third-order valence-corrected chi connectivity index (χ3v) is 2.47. The number of pyridine rings is 1. The summed E-state index contributed by atoms with van der Waals surface area (Å²) < 4.78 is 3.88. The number of rotatable bonds is 3. The number of aryl methyl sites for hydroxylation is 1. The summed E-state index contributed by atoms with van der Waals surface area (Å²) in [7, 11) is 0.